The number of benzene rings is 1. The van der Waals surface area contributed by atoms with Gasteiger partial charge in [-0.25, -0.2) is 0 Å². The molecule has 1 amide bonds. The van der Waals surface area contributed by atoms with Crippen molar-refractivity contribution in [2.45, 2.75) is 6.42 Å². The van der Waals surface area contributed by atoms with E-state index in [2.05, 4.69) is 10.2 Å². The molecular weight excluding hydrogens is 298 g/mol. The summed E-state index contributed by atoms with van der Waals surface area (Å²) in [5.41, 5.74) is 1.89. The molecule has 0 radical (unpaired) electrons. The number of hydrogen-bond acceptors (Lipinski definition) is 4. The number of aromatic amines is 1. The number of H-pyrrole nitrogens is 1. The van der Waals surface area contributed by atoms with Gasteiger partial charge in [0.1, 0.15) is 11.4 Å². The van der Waals surface area contributed by atoms with Gasteiger partial charge in [0.05, 0.1) is 18.7 Å². The Balaban J connectivity index is 1.73. The molecule has 0 saturated carbocycles. The number of carboxylic acids is 1. The van der Waals surface area contributed by atoms with Crippen LogP contribution >= 0.6 is 0 Å². The lowest BCUT2D eigenvalue weighted by molar-refractivity contribution is -0.141. The molecule has 0 aliphatic carbocycles. The average Bonchev–Trinajstić information content (AvgIpc) is 3.24. The van der Waals surface area contributed by atoms with E-state index in [-0.39, 0.29) is 12.5 Å². The zero-order valence-corrected chi connectivity index (χ0v) is 12.7. The van der Waals surface area contributed by atoms with Crippen LogP contribution in [0.2, 0.25) is 0 Å². The molecule has 120 valence electrons. The van der Waals surface area contributed by atoms with Gasteiger partial charge in [0.15, 0.2) is 0 Å². The lowest BCUT2D eigenvalue weighted by Crippen LogP contribution is -2.30. The van der Waals surface area contributed by atoms with Gasteiger partial charge in [-0.15, -0.1) is 0 Å². The molecule has 1 aromatic carbocycles. The van der Waals surface area contributed by atoms with Crippen molar-refractivity contribution in [3.05, 3.63) is 36.0 Å². The molecule has 0 spiro atoms. The molecule has 2 heterocycles. The molecule has 3 rings (SSSR count). The molecule has 1 aromatic heterocycles. The first kappa shape index (κ1) is 15.1. The topological polar surface area (TPSA) is 95.5 Å². The van der Waals surface area contributed by atoms with Crippen molar-refractivity contribution in [3.8, 4) is 17.0 Å². The minimum absolute atomic E-state index is 0.221. The predicted molar refractivity (Wildman–Crippen MR) is 82.2 cm³/mol. The van der Waals surface area contributed by atoms with Crippen LogP contribution in [-0.4, -0.2) is 52.3 Å². The molecule has 1 saturated heterocycles. The van der Waals surface area contributed by atoms with E-state index in [1.165, 1.54) is 0 Å². The molecule has 1 aliphatic heterocycles. The van der Waals surface area contributed by atoms with Gasteiger partial charge in [0.25, 0.3) is 5.91 Å². The predicted octanol–water partition coefficient (Wildman–Crippen LogP) is 1.63. The highest BCUT2D eigenvalue weighted by Gasteiger charge is 2.31. The summed E-state index contributed by atoms with van der Waals surface area (Å²) in [5.74, 6) is -0.815. The second kappa shape index (κ2) is 6.12. The number of carbonyl (C=O) groups is 2. The van der Waals surface area contributed by atoms with Crippen molar-refractivity contribution in [2.75, 3.05) is 20.2 Å². The van der Waals surface area contributed by atoms with Crippen molar-refractivity contribution in [3.63, 3.8) is 0 Å². The number of aromatic nitrogens is 2. The van der Waals surface area contributed by atoms with E-state index in [4.69, 9.17) is 9.84 Å². The quantitative estimate of drug-likeness (QED) is 0.894. The van der Waals surface area contributed by atoms with Crippen LogP contribution in [0.5, 0.6) is 5.75 Å². The van der Waals surface area contributed by atoms with Gasteiger partial charge < -0.3 is 14.7 Å². The molecule has 0 bridgehead atoms. The largest absolute Gasteiger partial charge is 0.497 e. The van der Waals surface area contributed by atoms with Crippen LogP contribution in [0.3, 0.4) is 0 Å². The zero-order chi connectivity index (χ0) is 16.4. The Morgan fingerprint density at radius 2 is 2.09 bits per heavy atom. The summed E-state index contributed by atoms with van der Waals surface area (Å²) in [6.45, 7) is 0.692. The highest BCUT2D eigenvalue weighted by Crippen LogP contribution is 2.23. The molecule has 2 aromatic rings. The monoisotopic (exact) mass is 315 g/mol. The van der Waals surface area contributed by atoms with E-state index < -0.39 is 11.9 Å². The summed E-state index contributed by atoms with van der Waals surface area (Å²) in [6.07, 6.45) is 0.487. The number of likely N-dealkylation sites (tertiary alicyclic amines) is 1. The summed E-state index contributed by atoms with van der Waals surface area (Å²) in [7, 11) is 1.60. The number of carboxylic acid groups (broad SMARTS) is 1. The Labute approximate surface area is 132 Å². The zero-order valence-electron chi connectivity index (χ0n) is 12.7. The number of amides is 1. The van der Waals surface area contributed by atoms with Crippen molar-refractivity contribution in [1.82, 2.24) is 15.1 Å². The minimum atomic E-state index is -0.858. The highest BCUT2D eigenvalue weighted by atomic mass is 16.5. The number of aliphatic carboxylic acids is 1. The van der Waals surface area contributed by atoms with Gasteiger partial charge in [-0.2, -0.15) is 5.10 Å². The van der Waals surface area contributed by atoms with Crippen LogP contribution in [0.4, 0.5) is 0 Å². The summed E-state index contributed by atoms with van der Waals surface area (Å²) in [5, 5.41) is 15.9. The Bertz CT molecular complexity index is 723. The summed E-state index contributed by atoms with van der Waals surface area (Å²) < 4.78 is 5.11. The van der Waals surface area contributed by atoms with Gasteiger partial charge in [0.2, 0.25) is 0 Å². The van der Waals surface area contributed by atoms with Crippen LogP contribution in [0.15, 0.2) is 30.3 Å². The number of hydrogen-bond donors (Lipinski definition) is 2. The van der Waals surface area contributed by atoms with Crippen molar-refractivity contribution < 1.29 is 19.4 Å². The fourth-order valence-electron chi connectivity index (χ4n) is 2.66. The second-order valence-corrected chi connectivity index (χ2v) is 5.47. The SMILES string of the molecule is COc1ccc(-c2cc(C(=O)N3CCC(C(=O)O)C3)[nH]n2)cc1. The van der Waals surface area contributed by atoms with E-state index in [0.29, 0.717) is 24.4 Å². The average molecular weight is 315 g/mol. The van der Waals surface area contributed by atoms with Crippen LogP contribution in [0.1, 0.15) is 16.9 Å². The van der Waals surface area contributed by atoms with Crippen molar-refractivity contribution in [2.24, 2.45) is 5.92 Å². The van der Waals surface area contributed by atoms with Gasteiger partial charge >= 0.3 is 5.97 Å². The molecule has 1 fully saturated rings. The molecule has 23 heavy (non-hydrogen) atoms. The maximum atomic E-state index is 12.4. The number of nitrogens with one attached hydrogen (secondary N) is 1. The van der Waals surface area contributed by atoms with Crippen LogP contribution in [-0.2, 0) is 4.79 Å². The van der Waals surface area contributed by atoms with Crippen LogP contribution < -0.4 is 4.74 Å². The normalized spacial score (nSPS) is 17.3. The lowest BCUT2D eigenvalue weighted by Gasteiger charge is -2.13. The first-order valence-corrected chi connectivity index (χ1v) is 7.30. The van der Waals surface area contributed by atoms with Crippen LogP contribution in [0, 0.1) is 5.92 Å². The van der Waals surface area contributed by atoms with Crippen molar-refractivity contribution in [1.29, 1.82) is 0 Å². The van der Waals surface area contributed by atoms with Gasteiger partial charge in [-0.3, -0.25) is 14.7 Å². The van der Waals surface area contributed by atoms with Gasteiger partial charge in [-0.1, -0.05) is 0 Å². The molecule has 1 unspecified atom stereocenters. The third-order valence-corrected chi connectivity index (χ3v) is 4.02. The fraction of sp³-hybridized carbons (Fsp3) is 0.312. The number of rotatable bonds is 4. The Morgan fingerprint density at radius 3 is 2.70 bits per heavy atom. The first-order valence-electron chi connectivity index (χ1n) is 7.30. The van der Waals surface area contributed by atoms with E-state index in [1.54, 1.807) is 18.1 Å². The van der Waals surface area contributed by atoms with E-state index >= 15 is 0 Å². The van der Waals surface area contributed by atoms with Crippen LogP contribution in [0.25, 0.3) is 11.3 Å². The molecule has 1 atom stereocenters. The van der Waals surface area contributed by atoms with E-state index in [9.17, 15) is 9.59 Å². The fourth-order valence-corrected chi connectivity index (χ4v) is 2.66. The maximum absolute atomic E-state index is 12.4. The Kier molecular flexibility index (Phi) is 4.01. The van der Waals surface area contributed by atoms with Gasteiger partial charge in [0, 0.05) is 18.7 Å². The summed E-state index contributed by atoms with van der Waals surface area (Å²) in [6, 6.07) is 9.05. The van der Waals surface area contributed by atoms with E-state index in [1.807, 2.05) is 24.3 Å². The standard InChI is InChI=1S/C16H17N3O4/c1-23-12-4-2-10(3-5-12)13-8-14(18-17-13)15(20)19-7-6-11(9-19)16(21)22/h2-5,8,11H,6-7,9H2,1H3,(H,17,18)(H,21,22). The third kappa shape index (κ3) is 3.03. The van der Waals surface area contributed by atoms with Gasteiger partial charge in [-0.05, 0) is 36.8 Å². The Hall–Kier alpha value is -2.83. The highest BCUT2D eigenvalue weighted by molar-refractivity contribution is 5.94. The Morgan fingerprint density at radius 1 is 1.35 bits per heavy atom. The minimum Gasteiger partial charge on any atom is -0.497 e. The smallest absolute Gasteiger partial charge is 0.308 e. The molecule has 7 nitrogen and oxygen atoms in total. The molecule has 1 aliphatic rings. The summed E-state index contributed by atoms with van der Waals surface area (Å²) >= 11 is 0. The van der Waals surface area contributed by atoms with Crippen molar-refractivity contribution >= 4 is 11.9 Å². The number of methoxy groups -OCH3 is 1. The number of nitrogens with zero attached hydrogens (tertiary/aromatic N) is 2. The lowest BCUT2D eigenvalue weighted by atomic mass is 10.1. The number of ether oxygens (including phenoxy) is 1. The second-order valence-electron chi connectivity index (χ2n) is 5.47. The number of carbonyl (C=O) groups excluding carboxylic acids is 1. The molecular formula is C16H17N3O4. The summed E-state index contributed by atoms with van der Waals surface area (Å²) in [4.78, 5) is 24.9. The first-order chi connectivity index (χ1) is 11.1. The maximum Gasteiger partial charge on any atom is 0.308 e. The molecule has 7 heteroatoms. The van der Waals surface area contributed by atoms with E-state index in [0.717, 1.165) is 11.3 Å². The molecule has 2 N–H and O–H groups in total. The third-order valence-electron chi connectivity index (χ3n) is 4.02.